The Bertz CT molecular complexity index is 300. The maximum Gasteiger partial charge on any atom is 0.323 e. The molecule has 0 radical (unpaired) electrons. The maximum atomic E-state index is 11.5. The number of carbonyl (C=O) groups is 1. The first-order valence-electron chi connectivity index (χ1n) is 7.38. The van der Waals surface area contributed by atoms with E-state index in [0.717, 1.165) is 32.3 Å². The molecule has 2 fully saturated rings. The fourth-order valence-corrected chi connectivity index (χ4v) is 3.15. The van der Waals surface area contributed by atoms with E-state index in [2.05, 4.69) is 5.32 Å². The van der Waals surface area contributed by atoms with Gasteiger partial charge >= 0.3 is 5.97 Å². The van der Waals surface area contributed by atoms with E-state index in [-0.39, 0.29) is 12.2 Å². The zero-order chi connectivity index (χ0) is 13.7. The van der Waals surface area contributed by atoms with Crippen LogP contribution in [0.25, 0.3) is 0 Å². The molecule has 0 spiro atoms. The van der Waals surface area contributed by atoms with Gasteiger partial charge in [-0.2, -0.15) is 0 Å². The van der Waals surface area contributed by atoms with Gasteiger partial charge in [-0.1, -0.05) is 6.92 Å². The molecule has 110 valence electrons. The van der Waals surface area contributed by atoms with E-state index in [4.69, 9.17) is 9.47 Å². The van der Waals surface area contributed by atoms with Crippen LogP contribution in [0.5, 0.6) is 0 Å². The largest absolute Gasteiger partial charge is 0.480 e. The lowest BCUT2D eigenvalue weighted by molar-refractivity contribution is -0.149. The molecule has 1 saturated carbocycles. The first-order chi connectivity index (χ1) is 9.16. The second-order valence-corrected chi connectivity index (χ2v) is 5.60. The van der Waals surface area contributed by atoms with Gasteiger partial charge < -0.3 is 19.9 Å². The van der Waals surface area contributed by atoms with Crippen molar-refractivity contribution in [2.75, 3.05) is 19.8 Å². The van der Waals surface area contributed by atoms with Gasteiger partial charge in [0, 0.05) is 13.0 Å². The Labute approximate surface area is 114 Å². The molecule has 3 unspecified atom stereocenters. The average Bonchev–Trinajstić information content (AvgIpc) is 2.90. The van der Waals surface area contributed by atoms with Crippen LogP contribution in [0.1, 0.15) is 45.4 Å². The summed E-state index contributed by atoms with van der Waals surface area (Å²) < 4.78 is 11.4. The Kier molecular flexibility index (Phi) is 5.19. The molecule has 1 heterocycles. The summed E-state index contributed by atoms with van der Waals surface area (Å²) in [5.74, 6) is -0.750. The molecule has 0 aromatic rings. The molecule has 2 aliphatic rings. The van der Waals surface area contributed by atoms with Crippen LogP contribution in [0.2, 0.25) is 0 Å². The van der Waals surface area contributed by atoms with Gasteiger partial charge in [0.05, 0.1) is 18.8 Å². The standard InChI is InChI=1S/C14H25NO4/c1-2-15-14(13(16)17)7-3-5-11(9-14)19-10-12-6-4-8-18-12/h11-12,15H,2-10H2,1H3,(H,16,17). The third kappa shape index (κ3) is 3.68. The second kappa shape index (κ2) is 6.68. The van der Waals surface area contributed by atoms with Crippen LogP contribution in [0, 0.1) is 0 Å². The number of carboxylic acid groups (broad SMARTS) is 1. The zero-order valence-electron chi connectivity index (χ0n) is 11.7. The molecule has 0 amide bonds. The van der Waals surface area contributed by atoms with Gasteiger partial charge in [-0.25, -0.2) is 0 Å². The van der Waals surface area contributed by atoms with Crippen LogP contribution in [0.3, 0.4) is 0 Å². The molecule has 0 bridgehead atoms. The van der Waals surface area contributed by atoms with Gasteiger partial charge in [-0.15, -0.1) is 0 Å². The van der Waals surface area contributed by atoms with E-state index in [0.29, 0.717) is 26.0 Å². The molecular formula is C14H25NO4. The highest BCUT2D eigenvalue weighted by Gasteiger charge is 2.42. The lowest BCUT2D eigenvalue weighted by Gasteiger charge is -2.38. The number of likely N-dealkylation sites (N-methyl/N-ethyl adjacent to an activating group) is 1. The lowest BCUT2D eigenvalue weighted by Crippen LogP contribution is -2.56. The fraction of sp³-hybridized carbons (Fsp3) is 0.929. The van der Waals surface area contributed by atoms with Gasteiger partial charge in [-0.3, -0.25) is 4.79 Å². The minimum Gasteiger partial charge on any atom is -0.480 e. The van der Waals surface area contributed by atoms with Crippen molar-refractivity contribution in [2.24, 2.45) is 0 Å². The van der Waals surface area contributed by atoms with Crippen molar-refractivity contribution >= 4 is 5.97 Å². The molecule has 0 aromatic heterocycles. The highest BCUT2D eigenvalue weighted by molar-refractivity contribution is 5.79. The van der Waals surface area contributed by atoms with Crippen molar-refractivity contribution in [1.82, 2.24) is 5.32 Å². The molecule has 0 aromatic carbocycles. The Morgan fingerprint density at radius 1 is 1.47 bits per heavy atom. The smallest absolute Gasteiger partial charge is 0.323 e. The van der Waals surface area contributed by atoms with E-state index in [9.17, 15) is 9.90 Å². The molecular weight excluding hydrogens is 246 g/mol. The summed E-state index contributed by atoms with van der Waals surface area (Å²) in [6.45, 7) is 4.05. The van der Waals surface area contributed by atoms with Crippen molar-refractivity contribution in [3.05, 3.63) is 0 Å². The molecule has 5 heteroatoms. The van der Waals surface area contributed by atoms with Crippen LogP contribution in [-0.4, -0.2) is 48.6 Å². The van der Waals surface area contributed by atoms with E-state index >= 15 is 0 Å². The van der Waals surface area contributed by atoms with Crippen molar-refractivity contribution in [3.8, 4) is 0 Å². The van der Waals surface area contributed by atoms with Gasteiger partial charge in [0.25, 0.3) is 0 Å². The molecule has 2 N–H and O–H groups in total. The SMILES string of the molecule is CCNC1(C(=O)O)CCCC(OCC2CCCO2)C1. The molecule has 2 rings (SSSR count). The summed E-state index contributed by atoms with van der Waals surface area (Å²) in [5.41, 5.74) is -0.797. The van der Waals surface area contributed by atoms with Crippen LogP contribution in [-0.2, 0) is 14.3 Å². The van der Waals surface area contributed by atoms with Crippen molar-refractivity contribution in [1.29, 1.82) is 0 Å². The third-order valence-corrected chi connectivity index (χ3v) is 4.17. The summed E-state index contributed by atoms with van der Waals surface area (Å²) in [6.07, 6.45) is 5.51. The van der Waals surface area contributed by atoms with E-state index in [1.54, 1.807) is 0 Å². The molecule has 3 atom stereocenters. The third-order valence-electron chi connectivity index (χ3n) is 4.17. The molecule has 1 aliphatic heterocycles. The van der Waals surface area contributed by atoms with E-state index < -0.39 is 11.5 Å². The number of carboxylic acids is 1. The molecule has 19 heavy (non-hydrogen) atoms. The summed E-state index contributed by atoms with van der Waals surface area (Å²) in [5, 5.41) is 12.6. The minimum atomic E-state index is -0.797. The molecule has 1 aliphatic carbocycles. The van der Waals surface area contributed by atoms with Crippen molar-refractivity contribution in [3.63, 3.8) is 0 Å². The highest BCUT2D eigenvalue weighted by atomic mass is 16.5. The number of rotatable bonds is 6. The predicted octanol–water partition coefficient (Wildman–Crippen LogP) is 1.56. The monoisotopic (exact) mass is 271 g/mol. The number of ether oxygens (including phenoxy) is 2. The number of aliphatic carboxylic acids is 1. The van der Waals surface area contributed by atoms with Crippen LogP contribution >= 0.6 is 0 Å². The Morgan fingerprint density at radius 3 is 2.95 bits per heavy atom. The van der Waals surface area contributed by atoms with E-state index in [1.807, 2.05) is 6.92 Å². The van der Waals surface area contributed by atoms with E-state index in [1.165, 1.54) is 0 Å². The zero-order valence-corrected chi connectivity index (χ0v) is 11.7. The van der Waals surface area contributed by atoms with Crippen LogP contribution < -0.4 is 5.32 Å². The van der Waals surface area contributed by atoms with Crippen molar-refractivity contribution in [2.45, 2.75) is 63.2 Å². The molecule has 5 nitrogen and oxygen atoms in total. The van der Waals surface area contributed by atoms with Crippen LogP contribution in [0.15, 0.2) is 0 Å². The fourth-order valence-electron chi connectivity index (χ4n) is 3.15. The number of hydrogen-bond donors (Lipinski definition) is 2. The summed E-state index contributed by atoms with van der Waals surface area (Å²) >= 11 is 0. The van der Waals surface area contributed by atoms with Crippen LogP contribution in [0.4, 0.5) is 0 Å². The van der Waals surface area contributed by atoms with Gasteiger partial charge in [-0.05, 0) is 38.6 Å². The van der Waals surface area contributed by atoms with Gasteiger partial charge in [0.15, 0.2) is 0 Å². The maximum absolute atomic E-state index is 11.5. The second-order valence-electron chi connectivity index (χ2n) is 5.60. The first-order valence-corrected chi connectivity index (χ1v) is 7.38. The minimum absolute atomic E-state index is 0.0353. The normalized spacial score (nSPS) is 35.4. The summed E-state index contributed by atoms with van der Waals surface area (Å²) in [4.78, 5) is 11.5. The quantitative estimate of drug-likeness (QED) is 0.767. The van der Waals surface area contributed by atoms with Gasteiger partial charge in [0.1, 0.15) is 5.54 Å². The predicted molar refractivity (Wildman–Crippen MR) is 71.2 cm³/mol. The summed E-state index contributed by atoms with van der Waals surface area (Å²) in [6, 6.07) is 0. The lowest BCUT2D eigenvalue weighted by atomic mass is 9.80. The topological polar surface area (TPSA) is 67.8 Å². The van der Waals surface area contributed by atoms with Crippen molar-refractivity contribution < 1.29 is 19.4 Å². The highest BCUT2D eigenvalue weighted by Crippen LogP contribution is 2.31. The number of nitrogens with one attached hydrogen (secondary N) is 1. The number of hydrogen-bond acceptors (Lipinski definition) is 4. The molecule has 1 saturated heterocycles. The first kappa shape index (κ1) is 14.8. The Morgan fingerprint density at radius 2 is 2.32 bits per heavy atom. The van der Waals surface area contributed by atoms with Gasteiger partial charge in [0.2, 0.25) is 0 Å². The Hall–Kier alpha value is -0.650. The Balaban J connectivity index is 1.85. The summed E-state index contributed by atoms with van der Waals surface area (Å²) in [7, 11) is 0. The average molecular weight is 271 g/mol.